The number of rotatable bonds is 5. The molecule has 1 N–H and O–H groups in total. The molecule has 0 spiro atoms. The van der Waals surface area contributed by atoms with Gasteiger partial charge in [0.1, 0.15) is 11.6 Å². The van der Waals surface area contributed by atoms with Crippen LogP contribution >= 0.6 is 22.6 Å². The number of amides is 1. The van der Waals surface area contributed by atoms with E-state index in [0.29, 0.717) is 19.4 Å². The molecule has 0 radical (unpaired) electrons. The highest BCUT2D eigenvalue weighted by molar-refractivity contribution is 14.1. The maximum atomic E-state index is 12.4. The van der Waals surface area contributed by atoms with Gasteiger partial charge in [-0.3, -0.25) is 4.79 Å². The highest BCUT2D eigenvalue weighted by atomic mass is 127. The van der Waals surface area contributed by atoms with Gasteiger partial charge in [-0.05, 0) is 60.1 Å². The van der Waals surface area contributed by atoms with Crippen molar-refractivity contribution in [3.05, 3.63) is 33.4 Å². The zero-order valence-electron chi connectivity index (χ0n) is 12.7. The summed E-state index contributed by atoms with van der Waals surface area (Å²) in [5.41, 5.74) is 0.117. The van der Waals surface area contributed by atoms with Crippen molar-refractivity contribution in [3.8, 4) is 0 Å². The van der Waals surface area contributed by atoms with Crippen LogP contribution < -0.4 is 5.32 Å². The van der Waals surface area contributed by atoms with Gasteiger partial charge in [0, 0.05) is 16.6 Å². The molecule has 0 aromatic heterocycles. The number of nitrogens with one attached hydrogen (secondary N) is 1. The third-order valence-corrected chi connectivity index (χ3v) is 4.56. The Morgan fingerprint density at radius 2 is 2.09 bits per heavy atom. The lowest BCUT2D eigenvalue weighted by Gasteiger charge is -2.25. The summed E-state index contributed by atoms with van der Waals surface area (Å²) in [5.74, 6) is -0.709. The fraction of sp³-hybridized carbons (Fsp3) is 0.500. The number of benzene rings is 1. The molecule has 1 heterocycles. The molecule has 0 bridgehead atoms. The molecule has 1 aromatic rings. The molecule has 0 aliphatic carbocycles. The van der Waals surface area contributed by atoms with E-state index in [2.05, 4.69) is 27.9 Å². The monoisotopic (exact) mass is 417 g/mol. The lowest BCUT2D eigenvalue weighted by Crippen LogP contribution is -2.51. The minimum absolute atomic E-state index is 0.258. The van der Waals surface area contributed by atoms with Gasteiger partial charge in [0.25, 0.3) is 5.91 Å². The summed E-state index contributed by atoms with van der Waals surface area (Å²) >= 11 is 2.22. The van der Waals surface area contributed by atoms with Gasteiger partial charge in [-0.15, -0.1) is 0 Å². The summed E-state index contributed by atoms with van der Waals surface area (Å²) in [6.45, 7) is 2.33. The number of carbonyl (C=O) groups is 2. The Kier molecular flexibility index (Phi) is 5.80. The highest BCUT2D eigenvalue weighted by Crippen LogP contribution is 2.25. The highest BCUT2D eigenvalue weighted by Gasteiger charge is 2.39. The van der Waals surface area contributed by atoms with Crippen LogP contribution in [0.2, 0.25) is 0 Å². The van der Waals surface area contributed by atoms with E-state index in [-0.39, 0.29) is 5.91 Å². The number of halogens is 1. The number of hydrogen-bond acceptors (Lipinski definition) is 4. The fourth-order valence-electron chi connectivity index (χ4n) is 2.46. The first-order valence-corrected chi connectivity index (χ1v) is 8.30. The molecule has 1 amide bonds. The minimum Gasteiger partial charge on any atom is -0.467 e. The standard InChI is InChI=1S/C16H20INO4/c1-16(8-3-9-22-16)15(20)18-13(14(19)21-2)10-11-4-6-12(17)7-5-11/h4-7,13H,3,8-10H2,1-2H3,(H,18,20)/t13-,16?/m0/s1. The van der Waals surface area contributed by atoms with Gasteiger partial charge in [0.2, 0.25) is 0 Å². The van der Waals surface area contributed by atoms with Crippen molar-refractivity contribution in [2.75, 3.05) is 13.7 Å². The largest absolute Gasteiger partial charge is 0.467 e. The molecule has 1 aromatic carbocycles. The number of esters is 1. The average Bonchev–Trinajstić information content (AvgIpc) is 2.96. The quantitative estimate of drug-likeness (QED) is 0.589. The van der Waals surface area contributed by atoms with Crippen molar-refractivity contribution in [2.45, 2.75) is 37.8 Å². The predicted octanol–water partition coefficient (Wildman–Crippen LogP) is 2.06. The van der Waals surface area contributed by atoms with Gasteiger partial charge in [0.15, 0.2) is 0 Å². The maximum Gasteiger partial charge on any atom is 0.328 e. The Hall–Kier alpha value is -1.15. The van der Waals surface area contributed by atoms with Gasteiger partial charge in [-0.2, -0.15) is 0 Å². The first-order valence-electron chi connectivity index (χ1n) is 7.22. The van der Waals surface area contributed by atoms with Crippen molar-refractivity contribution in [2.24, 2.45) is 0 Å². The second-order valence-electron chi connectivity index (χ2n) is 5.56. The van der Waals surface area contributed by atoms with Gasteiger partial charge >= 0.3 is 5.97 Å². The molecule has 1 fully saturated rings. The van der Waals surface area contributed by atoms with Gasteiger partial charge in [-0.25, -0.2) is 4.79 Å². The molecular weight excluding hydrogens is 397 g/mol. The molecule has 2 atom stereocenters. The van der Waals surface area contributed by atoms with Crippen molar-refractivity contribution < 1.29 is 19.1 Å². The van der Waals surface area contributed by atoms with Crippen LogP contribution in [0.5, 0.6) is 0 Å². The summed E-state index contributed by atoms with van der Waals surface area (Å²) in [4.78, 5) is 24.4. The molecule has 120 valence electrons. The Bertz CT molecular complexity index is 538. The average molecular weight is 417 g/mol. The van der Waals surface area contributed by atoms with E-state index in [4.69, 9.17) is 9.47 Å². The normalized spacial score (nSPS) is 22.1. The van der Waals surface area contributed by atoms with Crippen LogP contribution in [0.25, 0.3) is 0 Å². The summed E-state index contributed by atoms with van der Waals surface area (Å²) in [5, 5.41) is 2.77. The van der Waals surface area contributed by atoms with Gasteiger partial charge in [0.05, 0.1) is 7.11 Å². The molecule has 1 aliphatic rings. The van der Waals surface area contributed by atoms with Gasteiger partial charge < -0.3 is 14.8 Å². The smallest absolute Gasteiger partial charge is 0.328 e. The van der Waals surface area contributed by atoms with Crippen molar-refractivity contribution in [1.82, 2.24) is 5.32 Å². The summed E-state index contributed by atoms with van der Waals surface area (Å²) in [6.07, 6.45) is 1.91. The Morgan fingerprint density at radius 3 is 2.64 bits per heavy atom. The van der Waals surface area contributed by atoms with Crippen molar-refractivity contribution in [1.29, 1.82) is 0 Å². The first-order chi connectivity index (χ1) is 10.4. The Morgan fingerprint density at radius 1 is 1.41 bits per heavy atom. The van der Waals surface area contributed by atoms with E-state index in [1.807, 2.05) is 24.3 Å². The zero-order valence-corrected chi connectivity index (χ0v) is 14.9. The molecule has 1 saturated heterocycles. The molecule has 0 saturated carbocycles. The lowest BCUT2D eigenvalue weighted by atomic mass is 10.00. The minimum atomic E-state index is -0.849. The molecule has 6 heteroatoms. The topological polar surface area (TPSA) is 64.6 Å². The van der Waals surface area contributed by atoms with Crippen LogP contribution in [0.1, 0.15) is 25.3 Å². The van der Waals surface area contributed by atoms with Crippen LogP contribution in [0, 0.1) is 3.57 Å². The molecular formula is C16H20INO4. The zero-order chi connectivity index (χ0) is 16.2. The van der Waals surface area contributed by atoms with E-state index < -0.39 is 17.6 Å². The van der Waals surface area contributed by atoms with Crippen LogP contribution in [-0.4, -0.2) is 37.2 Å². The Balaban J connectivity index is 2.07. The van der Waals surface area contributed by atoms with Crippen LogP contribution in [0.3, 0.4) is 0 Å². The summed E-state index contributed by atoms with van der Waals surface area (Å²) in [7, 11) is 1.32. The summed E-state index contributed by atoms with van der Waals surface area (Å²) < 4.78 is 11.4. The second kappa shape index (κ2) is 7.41. The van der Waals surface area contributed by atoms with Crippen LogP contribution in [0.4, 0.5) is 0 Å². The molecule has 5 nitrogen and oxygen atoms in total. The summed E-state index contributed by atoms with van der Waals surface area (Å²) in [6, 6.07) is 7.11. The van der Waals surface area contributed by atoms with Gasteiger partial charge in [-0.1, -0.05) is 12.1 Å². The van der Waals surface area contributed by atoms with E-state index in [1.54, 1.807) is 6.92 Å². The van der Waals surface area contributed by atoms with Crippen molar-refractivity contribution in [3.63, 3.8) is 0 Å². The third kappa shape index (κ3) is 4.19. The number of methoxy groups -OCH3 is 1. The molecule has 22 heavy (non-hydrogen) atoms. The molecule has 2 rings (SSSR count). The number of ether oxygens (including phenoxy) is 2. The van der Waals surface area contributed by atoms with E-state index in [1.165, 1.54) is 7.11 Å². The van der Waals surface area contributed by atoms with Crippen molar-refractivity contribution >= 4 is 34.5 Å². The third-order valence-electron chi connectivity index (χ3n) is 3.84. The lowest BCUT2D eigenvalue weighted by molar-refractivity contribution is -0.149. The van der Waals surface area contributed by atoms with Crippen LogP contribution in [-0.2, 0) is 25.5 Å². The van der Waals surface area contributed by atoms with E-state index in [9.17, 15) is 9.59 Å². The van der Waals surface area contributed by atoms with E-state index >= 15 is 0 Å². The first kappa shape index (κ1) is 17.2. The van der Waals surface area contributed by atoms with Crippen LogP contribution in [0.15, 0.2) is 24.3 Å². The molecule has 1 aliphatic heterocycles. The Labute approximate surface area is 143 Å². The molecule has 1 unspecified atom stereocenters. The predicted molar refractivity (Wildman–Crippen MR) is 90.4 cm³/mol. The van der Waals surface area contributed by atoms with E-state index in [0.717, 1.165) is 15.6 Å². The number of hydrogen-bond donors (Lipinski definition) is 1. The SMILES string of the molecule is COC(=O)[C@H](Cc1ccc(I)cc1)NC(=O)C1(C)CCCO1. The maximum absolute atomic E-state index is 12.4. The fourth-order valence-corrected chi connectivity index (χ4v) is 2.82. The number of carbonyl (C=O) groups excluding carboxylic acids is 2. The second-order valence-corrected chi connectivity index (χ2v) is 6.81.